The molecule has 0 aromatic rings. The van der Waals surface area contributed by atoms with Crippen molar-refractivity contribution >= 4 is 0 Å². The van der Waals surface area contributed by atoms with Crippen LogP contribution in [0.5, 0.6) is 0 Å². The molecule has 0 saturated heterocycles. The van der Waals surface area contributed by atoms with Crippen LogP contribution < -0.4 is 0 Å². The first-order valence-corrected chi connectivity index (χ1v) is 8.88. The summed E-state index contributed by atoms with van der Waals surface area (Å²) in [6, 6.07) is 0. The Bertz CT molecular complexity index is 588. The van der Waals surface area contributed by atoms with Gasteiger partial charge in [-0.1, -0.05) is 97.4 Å². The molecule has 1 fully saturated rings. The van der Waals surface area contributed by atoms with Gasteiger partial charge in [-0.15, -0.1) is 0 Å². The second-order valence-corrected chi connectivity index (χ2v) is 5.81. The SMILES string of the molecule is C=C/C=C1/CC(=C/C=C)/C(=C(/C=C)CC(C)CC)C(=C)C1=C.CC. The Morgan fingerprint density at radius 3 is 2.00 bits per heavy atom. The zero-order valence-corrected chi connectivity index (χ0v) is 16.1. The molecular formula is C24H34. The van der Waals surface area contributed by atoms with Gasteiger partial charge in [-0.2, -0.15) is 0 Å². The molecule has 24 heavy (non-hydrogen) atoms. The van der Waals surface area contributed by atoms with E-state index in [1.807, 2.05) is 38.2 Å². The Kier molecular flexibility index (Phi) is 10.5. The average molecular weight is 323 g/mol. The average Bonchev–Trinajstić information content (AvgIpc) is 2.60. The van der Waals surface area contributed by atoms with E-state index in [4.69, 9.17) is 0 Å². The van der Waals surface area contributed by atoms with Gasteiger partial charge in [0.1, 0.15) is 0 Å². The second-order valence-electron chi connectivity index (χ2n) is 5.81. The predicted octanol–water partition coefficient (Wildman–Crippen LogP) is 7.67. The van der Waals surface area contributed by atoms with Crippen LogP contribution in [-0.2, 0) is 0 Å². The minimum atomic E-state index is 0.622. The summed E-state index contributed by atoms with van der Waals surface area (Å²) in [4.78, 5) is 0. The summed E-state index contributed by atoms with van der Waals surface area (Å²) in [5.41, 5.74) is 6.85. The van der Waals surface area contributed by atoms with Gasteiger partial charge < -0.3 is 0 Å². The topological polar surface area (TPSA) is 0 Å². The van der Waals surface area contributed by atoms with Crippen molar-refractivity contribution in [1.82, 2.24) is 0 Å². The van der Waals surface area contributed by atoms with Crippen LogP contribution in [0.1, 0.15) is 47.0 Å². The summed E-state index contributed by atoms with van der Waals surface area (Å²) in [5.74, 6) is 0.622. The maximum atomic E-state index is 4.29. The highest BCUT2D eigenvalue weighted by atomic mass is 14.3. The summed E-state index contributed by atoms with van der Waals surface area (Å²) in [6.07, 6.45) is 12.7. The lowest BCUT2D eigenvalue weighted by Crippen LogP contribution is -2.11. The third-order valence-corrected chi connectivity index (χ3v) is 4.23. The fourth-order valence-electron chi connectivity index (χ4n) is 2.73. The predicted molar refractivity (Wildman–Crippen MR) is 112 cm³/mol. The molecule has 0 amide bonds. The molecule has 1 unspecified atom stereocenters. The zero-order chi connectivity index (χ0) is 18.7. The van der Waals surface area contributed by atoms with Crippen molar-refractivity contribution in [3.8, 4) is 0 Å². The Morgan fingerprint density at radius 1 is 1.00 bits per heavy atom. The van der Waals surface area contributed by atoms with Crippen LogP contribution in [0, 0.1) is 5.92 Å². The van der Waals surface area contributed by atoms with E-state index >= 15 is 0 Å². The van der Waals surface area contributed by atoms with E-state index in [2.05, 4.69) is 52.8 Å². The van der Waals surface area contributed by atoms with Gasteiger partial charge in [-0.3, -0.25) is 0 Å². The van der Waals surface area contributed by atoms with Gasteiger partial charge in [-0.05, 0) is 52.2 Å². The first-order chi connectivity index (χ1) is 11.5. The molecular weight excluding hydrogens is 288 g/mol. The first kappa shape index (κ1) is 21.9. The van der Waals surface area contributed by atoms with Crippen molar-refractivity contribution in [2.45, 2.75) is 47.0 Å². The summed E-state index contributed by atoms with van der Waals surface area (Å²) in [6.45, 7) is 28.7. The zero-order valence-electron chi connectivity index (χ0n) is 16.1. The molecule has 0 radical (unpaired) electrons. The van der Waals surface area contributed by atoms with E-state index in [9.17, 15) is 0 Å². The second kappa shape index (κ2) is 11.5. The van der Waals surface area contributed by atoms with Gasteiger partial charge >= 0.3 is 0 Å². The number of hydrogen-bond acceptors (Lipinski definition) is 0. The lowest BCUT2D eigenvalue weighted by Gasteiger charge is -2.28. The number of hydrogen-bond donors (Lipinski definition) is 0. The van der Waals surface area contributed by atoms with Gasteiger partial charge in [0.15, 0.2) is 0 Å². The largest absolute Gasteiger partial charge is 0.0991 e. The molecule has 0 N–H and O–H groups in total. The Labute approximate surface area is 150 Å². The number of rotatable bonds is 6. The third-order valence-electron chi connectivity index (χ3n) is 4.23. The number of allylic oxidation sites excluding steroid dienone is 11. The maximum absolute atomic E-state index is 4.29. The minimum Gasteiger partial charge on any atom is -0.0991 e. The molecule has 1 aliphatic carbocycles. The van der Waals surface area contributed by atoms with Gasteiger partial charge in [0.2, 0.25) is 0 Å². The van der Waals surface area contributed by atoms with E-state index in [0.29, 0.717) is 5.92 Å². The van der Waals surface area contributed by atoms with Crippen LogP contribution in [0.3, 0.4) is 0 Å². The lowest BCUT2D eigenvalue weighted by atomic mass is 9.76. The van der Waals surface area contributed by atoms with E-state index in [-0.39, 0.29) is 0 Å². The Hall–Kier alpha value is -2.08. The summed E-state index contributed by atoms with van der Waals surface area (Å²) in [7, 11) is 0. The standard InChI is InChI=1S/C22H28.C2H6/c1-8-12-20-15-21(13-9-2)22(18(7)17(20)6)19(11-4)14-16(5)10-3;1-2/h8-9,11-13,16H,1-2,4,6-7,10,14-15H2,3,5H3;1-2H3/b20-12-,21-13-,22-19-;. The highest BCUT2D eigenvalue weighted by Gasteiger charge is 2.24. The molecule has 1 rings (SSSR count). The molecule has 0 aliphatic heterocycles. The summed E-state index contributed by atoms with van der Waals surface area (Å²) in [5, 5.41) is 0. The smallest absolute Gasteiger partial charge is 0.00136 e. The lowest BCUT2D eigenvalue weighted by molar-refractivity contribution is 0.561. The minimum absolute atomic E-state index is 0.622. The van der Waals surface area contributed by atoms with Crippen LogP contribution in [0.2, 0.25) is 0 Å². The monoisotopic (exact) mass is 322 g/mol. The maximum Gasteiger partial charge on any atom is -0.00136 e. The molecule has 1 saturated carbocycles. The van der Waals surface area contributed by atoms with Crippen LogP contribution in [0.15, 0.2) is 96.7 Å². The molecule has 0 bridgehead atoms. The van der Waals surface area contributed by atoms with Crippen LogP contribution >= 0.6 is 0 Å². The van der Waals surface area contributed by atoms with Gasteiger partial charge in [0, 0.05) is 0 Å². The van der Waals surface area contributed by atoms with Gasteiger partial charge in [-0.25, -0.2) is 0 Å². The van der Waals surface area contributed by atoms with Crippen molar-refractivity contribution in [1.29, 1.82) is 0 Å². The highest BCUT2D eigenvalue weighted by molar-refractivity contribution is 5.69. The third kappa shape index (κ3) is 5.53. The van der Waals surface area contributed by atoms with E-state index in [1.165, 1.54) is 22.3 Å². The van der Waals surface area contributed by atoms with E-state index < -0.39 is 0 Å². The molecule has 0 aromatic carbocycles. The fourth-order valence-corrected chi connectivity index (χ4v) is 2.73. The van der Waals surface area contributed by atoms with Crippen LogP contribution in [0.25, 0.3) is 0 Å². The van der Waals surface area contributed by atoms with Gasteiger partial charge in [0.25, 0.3) is 0 Å². The molecule has 0 spiro atoms. The Balaban J connectivity index is 0.00000254. The highest BCUT2D eigenvalue weighted by Crippen LogP contribution is 2.42. The quantitative estimate of drug-likeness (QED) is 0.470. The molecule has 1 atom stereocenters. The first-order valence-electron chi connectivity index (χ1n) is 8.88. The molecule has 130 valence electrons. The van der Waals surface area contributed by atoms with Crippen molar-refractivity contribution in [2.24, 2.45) is 5.92 Å². The Morgan fingerprint density at radius 2 is 1.54 bits per heavy atom. The van der Waals surface area contributed by atoms with Crippen molar-refractivity contribution in [3.63, 3.8) is 0 Å². The fraction of sp³-hybridized carbons (Fsp3) is 0.333. The van der Waals surface area contributed by atoms with Crippen LogP contribution in [-0.4, -0.2) is 0 Å². The van der Waals surface area contributed by atoms with Gasteiger partial charge in [0.05, 0.1) is 0 Å². The molecule has 0 heteroatoms. The summed E-state index contributed by atoms with van der Waals surface area (Å²) >= 11 is 0. The van der Waals surface area contributed by atoms with Crippen molar-refractivity contribution in [2.75, 3.05) is 0 Å². The van der Waals surface area contributed by atoms with E-state index in [0.717, 1.165) is 30.4 Å². The van der Waals surface area contributed by atoms with E-state index in [1.54, 1.807) is 0 Å². The normalized spacial score (nSPS) is 21.0. The molecule has 0 nitrogen and oxygen atoms in total. The molecule has 0 aromatic heterocycles. The molecule has 1 aliphatic rings. The van der Waals surface area contributed by atoms with Crippen LogP contribution in [0.4, 0.5) is 0 Å². The van der Waals surface area contributed by atoms with Crippen molar-refractivity contribution in [3.05, 3.63) is 96.7 Å². The molecule has 0 heterocycles. The summed E-state index contributed by atoms with van der Waals surface area (Å²) < 4.78 is 0. The van der Waals surface area contributed by atoms with Crippen molar-refractivity contribution < 1.29 is 0 Å².